The van der Waals surface area contributed by atoms with Crippen LogP contribution < -0.4 is 0 Å². The van der Waals surface area contributed by atoms with Gasteiger partial charge in [-0.05, 0) is 12.8 Å². The lowest BCUT2D eigenvalue weighted by Gasteiger charge is -2.11. The average molecular weight is 246 g/mol. The van der Waals surface area contributed by atoms with Crippen LogP contribution in [0.25, 0.3) is 0 Å². The van der Waals surface area contributed by atoms with E-state index in [0.717, 1.165) is 39.0 Å². The molecule has 98 valence electrons. The second-order valence-corrected chi connectivity index (χ2v) is 3.52. The van der Waals surface area contributed by atoms with E-state index in [1.807, 2.05) is 0 Å². The van der Waals surface area contributed by atoms with Gasteiger partial charge in [0.25, 0.3) is 6.08 Å². The van der Waals surface area contributed by atoms with Gasteiger partial charge >= 0.3 is 6.16 Å². The molecule has 1 heterocycles. The molecule has 0 aliphatic carbocycles. The number of hydrazone groups is 1. The number of carbonyl (C=O) groups excluding carboxylic acids is 1. The van der Waals surface area contributed by atoms with Crippen molar-refractivity contribution in [3.63, 3.8) is 0 Å². The maximum atomic E-state index is 9.95. The SMILES string of the molecule is CCCCOC1CCN(N=C=O)C1.O=C(O)O. The topological polar surface area (TPSA) is 99.4 Å². The van der Waals surface area contributed by atoms with Crippen LogP contribution in [-0.4, -0.2) is 53.3 Å². The predicted molar refractivity (Wildman–Crippen MR) is 59.6 cm³/mol. The van der Waals surface area contributed by atoms with E-state index in [-0.39, 0.29) is 6.10 Å². The molecule has 1 atom stereocenters. The molecule has 0 saturated carbocycles. The largest absolute Gasteiger partial charge is 0.503 e. The summed E-state index contributed by atoms with van der Waals surface area (Å²) >= 11 is 0. The zero-order valence-electron chi connectivity index (χ0n) is 9.83. The van der Waals surface area contributed by atoms with Crippen molar-refractivity contribution in [2.24, 2.45) is 5.10 Å². The van der Waals surface area contributed by atoms with Crippen LogP contribution in [0.5, 0.6) is 0 Å². The molecule has 1 aliphatic heterocycles. The maximum Gasteiger partial charge on any atom is 0.503 e. The number of carboxylic acid groups (broad SMARTS) is 2. The Bertz CT molecular complexity index is 261. The van der Waals surface area contributed by atoms with Crippen LogP contribution in [0.4, 0.5) is 4.79 Å². The minimum atomic E-state index is -1.83. The highest BCUT2D eigenvalue weighted by atomic mass is 16.6. The Morgan fingerprint density at radius 3 is 2.76 bits per heavy atom. The van der Waals surface area contributed by atoms with E-state index >= 15 is 0 Å². The molecule has 1 unspecified atom stereocenters. The van der Waals surface area contributed by atoms with Gasteiger partial charge in [0.05, 0.1) is 12.6 Å². The molecule has 2 N–H and O–H groups in total. The molecule has 1 rings (SSSR count). The lowest BCUT2D eigenvalue weighted by Crippen LogP contribution is -2.18. The molecular formula is C10H18N2O5. The zero-order valence-corrected chi connectivity index (χ0v) is 9.83. The van der Waals surface area contributed by atoms with Crippen LogP contribution in [0.2, 0.25) is 0 Å². The first-order valence-corrected chi connectivity index (χ1v) is 5.46. The number of isocyanates is 1. The van der Waals surface area contributed by atoms with Crippen molar-refractivity contribution < 1.29 is 24.5 Å². The van der Waals surface area contributed by atoms with Crippen LogP contribution in [0.3, 0.4) is 0 Å². The monoisotopic (exact) mass is 246 g/mol. The van der Waals surface area contributed by atoms with E-state index in [1.54, 1.807) is 11.1 Å². The Balaban J connectivity index is 0.000000557. The fourth-order valence-electron chi connectivity index (χ4n) is 1.39. The van der Waals surface area contributed by atoms with Gasteiger partial charge in [-0.15, -0.1) is 0 Å². The van der Waals surface area contributed by atoms with Crippen molar-refractivity contribution in [1.82, 2.24) is 5.01 Å². The van der Waals surface area contributed by atoms with Gasteiger partial charge in [0, 0.05) is 13.2 Å². The summed E-state index contributed by atoms with van der Waals surface area (Å²) in [4.78, 5) is 18.5. The number of nitrogens with zero attached hydrogens (tertiary/aromatic N) is 2. The number of unbranched alkanes of at least 4 members (excludes halogenated alkanes) is 1. The average Bonchev–Trinajstić information content (AvgIpc) is 2.66. The van der Waals surface area contributed by atoms with Crippen molar-refractivity contribution in [3.05, 3.63) is 0 Å². The summed E-state index contributed by atoms with van der Waals surface area (Å²) in [7, 11) is 0. The lowest BCUT2D eigenvalue weighted by molar-refractivity contribution is 0.0575. The number of carbonyl (C=O) groups is 1. The van der Waals surface area contributed by atoms with E-state index in [9.17, 15) is 4.79 Å². The zero-order chi connectivity index (χ0) is 13.1. The summed E-state index contributed by atoms with van der Waals surface area (Å²) in [6, 6.07) is 0. The fourth-order valence-corrected chi connectivity index (χ4v) is 1.39. The third kappa shape index (κ3) is 9.35. The molecule has 0 aromatic carbocycles. The summed E-state index contributed by atoms with van der Waals surface area (Å²) in [5, 5.41) is 19.2. The Kier molecular flexibility index (Phi) is 8.72. The van der Waals surface area contributed by atoms with Crippen molar-refractivity contribution in [2.75, 3.05) is 19.7 Å². The molecule has 0 amide bonds. The van der Waals surface area contributed by atoms with Crippen LogP contribution in [-0.2, 0) is 9.53 Å². The van der Waals surface area contributed by atoms with Gasteiger partial charge in [-0.3, -0.25) is 5.01 Å². The lowest BCUT2D eigenvalue weighted by atomic mass is 10.3. The van der Waals surface area contributed by atoms with Crippen LogP contribution in [0.15, 0.2) is 5.10 Å². The molecule has 0 aromatic heterocycles. The van der Waals surface area contributed by atoms with Gasteiger partial charge in [0.15, 0.2) is 0 Å². The van der Waals surface area contributed by atoms with Gasteiger partial charge in [-0.1, -0.05) is 18.4 Å². The van der Waals surface area contributed by atoms with E-state index < -0.39 is 6.16 Å². The molecule has 0 bridgehead atoms. The normalized spacial score (nSPS) is 17.9. The molecule has 1 saturated heterocycles. The molecular weight excluding hydrogens is 228 g/mol. The van der Waals surface area contributed by atoms with E-state index in [1.165, 1.54) is 0 Å². The second kappa shape index (κ2) is 9.62. The summed E-state index contributed by atoms with van der Waals surface area (Å²) in [5.74, 6) is 0. The number of rotatable bonds is 5. The van der Waals surface area contributed by atoms with E-state index in [4.69, 9.17) is 19.7 Å². The van der Waals surface area contributed by atoms with Gasteiger partial charge in [0.2, 0.25) is 0 Å². The number of hydrogen-bond acceptors (Lipinski definition) is 5. The van der Waals surface area contributed by atoms with Crippen molar-refractivity contribution in [1.29, 1.82) is 0 Å². The highest BCUT2D eigenvalue weighted by molar-refractivity contribution is 5.53. The minimum absolute atomic E-state index is 0.253. The number of hydrogen-bond donors (Lipinski definition) is 2. The molecule has 1 aliphatic rings. The van der Waals surface area contributed by atoms with Crippen LogP contribution in [0.1, 0.15) is 26.2 Å². The highest BCUT2D eigenvalue weighted by Gasteiger charge is 2.21. The van der Waals surface area contributed by atoms with Gasteiger partial charge in [-0.25, -0.2) is 9.59 Å². The standard InChI is InChI=1S/C9H16N2O2.CH2O3/c1-2-3-6-13-9-4-5-11(7-9)10-8-12;2-1(3)4/h9H,2-7H2,1H3;(H2,2,3,4). The maximum absolute atomic E-state index is 9.95. The Morgan fingerprint density at radius 2 is 2.24 bits per heavy atom. The smallest absolute Gasteiger partial charge is 0.450 e. The Morgan fingerprint density at radius 1 is 1.59 bits per heavy atom. The third-order valence-electron chi connectivity index (χ3n) is 2.16. The van der Waals surface area contributed by atoms with Gasteiger partial charge < -0.3 is 14.9 Å². The Hall–Kier alpha value is -1.59. The minimum Gasteiger partial charge on any atom is -0.450 e. The van der Waals surface area contributed by atoms with E-state index in [0.29, 0.717) is 0 Å². The summed E-state index contributed by atoms with van der Waals surface area (Å²) in [5.41, 5.74) is 0. The quantitative estimate of drug-likeness (QED) is 0.431. The second-order valence-electron chi connectivity index (χ2n) is 3.52. The number of ether oxygens (including phenoxy) is 1. The van der Waals surface area contributed by atoms with Gasteiger partial charge in [0.1, 0.15) is 0 Å². The fraction of sp³-hybridized carbons (Fsp3) is 0.800. The molecule has 17 heavy (non-hydrogen) atoms. The first kappa shape index (κ1) is 15.4. The molecule has 0 aromatic rings. The van der Waals surface area contributed by atoms with Crippen molar-refractivity contribution >= 4 is 12.2 Å². The molecule has 7 heteroatoms. The molecule has 1 fully saturated rings. The molecule has 7 nitrogen and oxygen atoms in total. The third-order valence-corrected chi connectivity index (χ3v) is 2.16. The highest BCUT2D eigenvalue weighted by Crippen LogP contribution is 2.12. The summed E-state index contributed by atoms with van der Waals surface area (Å²) in [6.07, 6.45) is 3.19. The first-order chi connectivity index (χ1) is 8.10. The Labute approximate surface area is 99.7 Å². The molecule has 0 radical (unpaired) electrons. The van der Waals surface area contributed by atoms with Crippen LogP contribution >= 0.6 is 0 Å². The predicted octanol–water partition coefficient (Wildman–Crippen LogP) is 1.35. The summed E-state index contributed by atoms with van der Waals surface area (Å²) < 4.78 is 5.59. The van der Waals surface area contributed by atoms with Crippen molar-refractivity contribution in [2.45, 2.75) is 32.3 Å². The van der Waals surface area contributed by atoms with E-state index in [2.05, 4.69) is 12.0 Å². The molecule has 0 spiro atoms. The van der Waals surface area contributed by atoms with Gasteiger partial charge in [-0.2, -0.15) is 0 Å². The summed E-state index contributed by atoms with van der Waals surface area (Å²) in [6.45, 7) is 4.51. The van der Waals surface area contributed by atoms with Crippen molar-refractivity contribution in [3.8, 4) is 0 Å². The first-order valence-electron chi connectivity index (χ1n) is 5.46. The van der Waals surface area contributed by atoms with Crippen LogP contribution in [0, 0.1) is 0 Å².